The standard InChI is InChI=1S/C16H26O3/c1-19-15(18)16(11-7-4-8-12-16)14(17)13-9-5-2-3-6-10-13/h13H,2-12H2,1H3. The molecule has 0 heterocycles. The second kappa shape index (κ2) is 6.53. The maximum absolute atomic E-state index is 12.9. The Morgan fingerprint density at radius 2 is 1.42 bits per heavy atom. The molecule has 19 heavy (non-hydrogen) atoms. The van der Waals surface area contributed by atoms with Crippen LogP contribution in [0.3, 0.4) is 0 Å². The normalized spacial score (nSPS) is 24.5. The Balaban J connectivity index is 2.16. The maximum Gasteiger partial charge on any atom is 0.319 e. The quantitative estimate of drug-likeness (QED) is 0.445. The number of ether oxygens (including phenoxy) is 1. The van der Waals surface area contributed by atoms with Crippen molar-refractivity contribution in [2.45, 2.75) is 70.6 Å². The molecular formula is C16H26O3. The summed E-state index contributed by atoms with van der Waals surface area (Å²) in [5, 5.41) is 0. The van der Waals surface area contributed by atoms with Gasteiger partial charge >= 0.3 is 5.97 Å². The summed E-state index contributed by atoms with van der Waals surface area (Å²) in [4.78, 5) is 25.1. The summed E-state index contributed by atoms with van der Waals surface area (Å²) in [5.74, 6) is 0.0158. The Morgan fingerprint density at radius 3 is 1.95 bits per heavy atom. The van der Waals surface area contributed by atoms with E-state index in [4.69, 9.17) is 4.74 Å². The number of carbonyl (C=O) groups excluding carboxylic acids is 2. The van der Waals surface area contributed by atoms with Crippen LogP contribution in [0, 0.1) is 11.3 Å². The molecule has 0 spiro atoms. The molecule has 2 aliphatic carbocycles. The lowest BCUT2D eigenvalue weighted by Crippen LogP contribution is -2.45. The summed E-state index contributed by atoms with van der Waals surface area (Å²) in [6.07, 6.45) is 11.2. The number of hydrogen-bond donors (Lipinski definition) is 0. The third-order valence-corrected chi connectivity index (χ3v) is 4.98. The lowest BCUT2D eigenvalue weighted by molar-refractivity contribution is -0.162. The molecule has 2 aliphatic rings. The van der Waals surface area contributed by atoms with Gasteiger partial charge in [0.2, 0.25) is 0 Å². The van der Waals surface area contributed by atoms with Gasteiger partial charge in [-0.1, -0.05) is 44.9 Å². The molecule has 0 unspecified atom stereocenters. The van der Waals surface area contributed by atoms with Gasteiger partial charge in [0, 0.05) is 5.92 Å². The number of methoxy groups -OCH3 is 1. The van der Waals surface area contributed by atoms with Crippen LogP contribution in [0.1, 0.15) is 70.6 Å². The molecule has 0 aromatic rings. The molecule has 3 nitrogen and oxygen atoms in total. The third kappa shape index (κ3) is 3.01. The van der Waals surface area contributed by atoms with Crippen molar-refractivity contribution in [3.05, 3.63) is 0 Å². The minimum absolute atomic E-state index is 0.0969. The summed E-state index contributed by atoms with van der Waals surface area (Å²) in [6, 6.07) is 0. The molecule has 0 aromatic heterocycles. The molecule has 108 valence electrons. The Labute approximate surface area is 116 Å². The highest BCUT2D eigenvalue weighted by atomic mass is 16.5. The van der Waals surface area contributed by atoms with Crippen LogP contribution in [0.25, 0.3) is 0 Å². The van der Waals surface area contributed by atoms with Crippen LogP contribution in [0.4, 0.5) is 0 Å². The zero-order valence-corrected chi connectivity index (χ0v) is 12.1. The molecule has 0 atom stereocenters. The fraction of sp³-hybridized carbons (Fsp3) is 0.875. The van der Waals surface area contributed by atoms with Crippen molar-refractivity contribution in [3.63, 3.8) is 0 Å². The number of carbonyl (C=O) groups is 2. The van der Waals surface area contributed by atoms with Gasteiger partial charge in [-0.05, 0) is 25.7 Å². The van der Waals surface area contributed by atoms with Gasteiger partial charge in [-0.25, -0.2) is 0 Å². The van der Waals surface area contributed by atoms with E-state index in [1.807, 2.05) is 0 Å². The van der Waals surface area contributed by atoms with Crippen LogP contribution in [-0.4, -0.2) is 18.9 Å². The van der Waals surface area contributed by atoms with E-state index in [9.17, 15) is 9.59 Å². The third-order valence-electron chi connectivity index (χ3n) is 4.98. The highest BCUT2D eigenvalue weighted by Crippen LogP contribution is 2.42. The van der Waals surface area contributed by atoms with Crippen LogP contribution < -0.4 is 0 Å². The molecule has 2 fully saturated rings. The molecule has 0 bridgehead atoms. The van der Waals surface area contributed by atoms with Crippen molar-refractivity contribution < 1.29 is 14.3 Å². The van der Waals surface area contributed by atoms with Crippen LogP contribution in [0.2, 0.25) is 0 Å². The van der Waals surface area contributed by atoms with E-state index in [1.54, 1.807) is 0 Å². The number of esters is 1. The van der Waals surface area contributed by atoms with Gasteiger partial charge in [-0.3, -0.25) is 9.59 Å². The average Bonchev–Trinajstić information content (AvgIpc) is 2.75. The fourth-order valence-corrected chi connectivity index (χ4v) is 3.83. The van der Waals surface area contributed by atoms with Crippen LogP contribution in [0.15, 0.2) is 0 Å². The van der Waals surface area contributed by atoms with Gasteiger partial charge in [-0.2, -0.15) is 0 Å². The molecule has 2 rings (SSSR count). The van der Waals surface area contributed by atoms with Crippen LogP contribution >= 0.6 is 0 Å². The van der Waals surface area contributed by atoms with E-state index >= 15 is 0 Å². The molecule has 0 aromatic carbocycles. The monoisotopic (exact) mass is 266 g/mol. The van der Waals surface area contributed by atoms with E-state index in [2.05, 4.69) is 0 Å². The van der Waals surface area contributed by atoms with E-state index in [1.165, 1.54) is 20.0 Å². The molecule has 0 aliphatic heterocycles. The summed E-state index contributed by atoms with van der Waals surface area (Å²) in [6.45, 7) is 0. The topological polar surface area (TPSA) is 43.4 Å². The smallest absolute Gasteiger partial charge is 0.319 e. The fourth-order valence-electron chi connectivity index (χ4n) is 3.83. The molecular weight excluding hydrogens is 240 g/mol. The van der Waals surface area contributed by atoms with Crippen LogP contribution in [-0.2, 0) is 14.3 Å². The minimum atomic E-state index is -0.804. The lowest BCUT2D eigenvalue weighted by Gasteiger charge is -2.35. The average molecular weight is 266 g/mol. The zero-order valence-electron chi connectivity index (χ0n) is 12.1. The first-order chi connectivity index (χ1) is 9.20. The van der Waals surface area contributed by atoms with Gasteiger partial charge in [0.25, 0.3) is 0 Å². The predicted octanol–water partition coefficient (Wildman–Crippen LogP) is 3.65. The first-order valence-electron chi connectivity index (χ1n) is 7.83. The predicted molar refractivity (Wildman–Crippen MR) is 73.7 cm³/mol. The van der Waals surface area contributed by atoms with Crippen molar-refractivity contribution in [3.8, 4) is 0 Å². The van der Waals surface area contributed by atoms with E-state index in [0.29, 0.717) is 12.8 Å². The lowest BCUT2D eigenvalue weighted by atomic mass is 9.67. The maximum atomic E-state index is 12.9. The second-order valence-corrected chi connectivity index (χ2v) is 6.19. The Kier molecular flexibility index (Phi) is 5.00. The molecule has 0 radical (unpaired) electrons. The first kappa shape index (κ1) is 14.5. The number of hydrogen-bond acceptors (Lipinski definition) is 3. The molecule has 3 heteroatoms. The van der Waals surface area contributed by atoms with E-state index in [0.717, 1.165) is 44.9 Å². The zero-order chi connectivity index (χ0) is 13.7. The number of ketones is 1. The van der Waals surface area contributed by atoms with Crippen molar-refractivity contribution in [2.24, 2.45) is 11.3 Å². The number of rotatable bonds is 3. The van der Waals surface area contributed by atoms with Gasteiger partial charge < -0.3 is 4.74 Å². The highest BCUT2D eigenvalue weighted by Gasteiger charge is 2.49. The first-order valence-corrected chi connectivity index (χ1v) is 7.83. The minimum Gasteiger partial charge on any atom is -0.468 e. The summed E-state index contributed by atoms with van der Waals surface area (Å²) in [5.41, 5.74) is -0.804. The molecule has 0 saturated heterocycles. The SMILES string of the molecule is COC(=O)C1(C(=O)C2CCCCCC2)CCCCC1. The molecule has 2 saturated carbocycles. The van der Waals surface area contributed by atoms with Crippen molar-refractivity contribution in [1.82, 2.24) is 0 Å². The Bertz CT molecular complexity index is 321. The van der Waals surface area contributed by atoms with Gasteiger partial charge in [0.1, 0.15) is 5.41 Å². The van der Waals surface area contributed by atoms with Crippen molar-refractivity contribution in [2.75, 3.05) is 7.11 Å². The van der Waals surface area contributed by atoms with Gasteiger partial charge in [-0.15, -0.1) is 0 Å². The second-order valence-electron chi connectivity index (χ2n) is 6.19. The highest BCUT2D eigenvalue weighted by molar-refractivity contribution is 6.04. The van der Waals surface area contributed by atoms with Gasteiger partial charge in [0.05, 0.1) is 7.11 Å². The largest absolute Gasteiger partial charge is 0.468 e. The van der Waals surface area contributed by atoms with Gasteiger partial charge in [0.15, 0.2) is 5.78 Å². The molecule has 0 amide bonds. The van der Waals surface area contributed by atoms with Crippen molar-refractivity contribution in [1.29, 1.82) is 0 Å². The van der Waals surface area contributed by atoms with Crippen molar-refractivity contribution >= 4 is 11.8 Å². The number of Topliss-reactive ketones (excluding diaryl/α,β-unsaturated/α-hetero) is 1. The van der Waals surface area contributed by atoms with E-state index in [-0.39, 0.29) is 17.7 Å². The Hall–Kier alpha value is -0.860. The summed E-state index contributed by atoms with van der Waals surface area (Å²) in [7, 11) is 1.42. The van der Waals surface area contributed by atoms with E-state index < -0.39 is 5.41 Å². The summed E-state index contributed by atoms with van der Waals surface area (Å²) < 4.78 is 4.98. The summed E-state index contributed by atoms with van der Waals surface area (Å²) >= 11 is 0. The molecule has 0 N–H and O–H groups in total. The Morgan fingerprint density at radius 1 is 0.895 bits per heavy atom. The van der Waals surface area contributed by atoms with Crippen LogP contribution in [0.5, 0.6) is 0 Å².